The van der Waals surface area contributed by atoms with Gasteiger partial charge >= 0.3 is 6.09 Å². The third-order valence-electron chi connectivity index (χ3n) is 4.94. The zero-order valence-corrected chi connectivity index (χ0v) is 20.3. The predicted octanol–water partition coefficient (Wildman–Crippen LogP) is 6.17. The third-order valence-corrected chi connectivity index (χ3v) is 6.52. The molecule has 5 nitrogen and oxygen atoms in total. The summed E-state index contributed by atoms with van der Waals surface area (Å²) in [6.07, 6.45) is 5.16. The molecule has 0 unspecified atom stereocenters. The van der Waals surface area contributed by atoms with Gasteiger partial charge in [0.2, 0.25) is 5.91 Å². The number of hydrogen-bond acceptors (Lipinski definition) is 4. The van der Waals surface area contributed by atoms with E-state index in [2.05, 4.69) is 12.2 Å². The van der Waals surface area contributed by atoms with Crippen molar-refractivity contribution in [1.82, 2.24) is 10.2 Å². The Kier molecular flexibility index (Phi) is 9.35. The molecule has 168 valence electrons. The number of amides is 2. The highest BCUT2D eigenvalue weighted by Gasteiger charge is 2.44. The number of nitrogens with zero attached hydrogens (tertiary/aromatic N) is 1. The number of rotatable bonds is 8. The predicted molar refractivity (Wildman–Crippen MR) is 125 cm³/mol. The molecule has 1 aromatic carbocycles. The fourth-order valence-corrected chi connectivity index (χ4v) is 4.96. The van der Waals surface area contributed by atoms with Crippen molar-refractivity contribution in [3.05, 3.63) is 34.9 Å². The number of halogens is 1. The molecule has 1 fully saturated rings. The summed E-state index contributed by atoms with van der Waals surface area (Å²) < 4.78 is 5.64. The lowest BCUT2D eigenvalue weighted by Gasteiger charge is -2.32. The van der Waals surface area contributed by atoms with Crippen LogP contribution < -0.4 is 5.32 Å². The second-order valence-electron chi connectivity index (χ2n) is 8.90. The minimum Gasteiger partial charge on any atom is -0.444 e. The molecule has 0 bridgehead atoms. The molecular weight excluding hydrogens is 420 g/mol. The van der Waals surface area contributed by atoms with Crippen LogP contribution >= 0.6 is 23.4 Å². The number of thioether (sulfide) groups is 1. The van der Waals surface area contributed by atoms with Gasteiger partial charge < -0.3 is 10.1 Å². The smallest absolute Gasteiger partial charge is 0.412 e. The Morgan fingerprint density at radius 3 is 2.50 bits per heavy atom. The maximum Gasteiger partial charge on any atom is 0.412 e. The van der Waals surface area contributed by atoms with E-state index in [0.29, 0.717) is 10.8 Å². The molecule has 1 heterocycles. The zero-order chi connectivity index (χ0) is 22.3. The van der Waals surface area contributed by atoms with Gasteiger partial charge in [-0.2, -0.15) is 0 Å². The van der Waals surface area contributed by atoms with E-state index in [0.717, 1.165) is 18.4 Å². The summed E-state index contributed by atoms with van der Waals surface area (Å²) in [7, 11) is 0. The van der Waals surface area contributed by atoms with Crippen molar-refractivity contribution < 1.29 is 14.3 Å². The number of carbonyl (C=O) groups excluding carboxylic acids is 2. The van der Waals surface area contributed by atoms with Crippen molar-refractivity contribution >= 4 is 35.4 Å². The first-order chi connectivity index (χ1) is 14.1. The second-order valence-corrected chi connectivity index (χ2v) is 10.4. The second kappa shape index (κ2) is 11.3. The van der Waals surface area contributed by atoms with Gasteiger partial charge in [0.25, 0.3) is 0 Å². The van der Waals surface area contributed by atoms with Gasteiger partial charge in [-0.15, -0.1) is 11.8 Å². The Balaban J connectivity index is 2.13. The highest BCUT2D eigenvalue weighted by atomic mass is 35.5. The van der Waals surface area contributed by atoms with Crippen LogP contribution in [0.15, 0.2) is 24.3 Å². The van der Waals surface area contributed by atoms with Gasteiger partial charge in [0.05, 0.1) is 0 Å². The number of unbranched alkanes of at least 4 members (excludes halogenated alkanes) is 3. The van der Waals surface area contributed by atoms with Gasteiger partial charge in [-0.3, -0.25) is 9.69 Å². The van der Waals surface area contributed by atoms with E-state index in [-0.39, 0.29) is 17.3 Å². The Labute approximate surface area is 190 Å². The molecule has 1 N–H and O–H groups in total. The number of benzene rings is 1. The van der Waals surface area contributed by atoms with E-state index in [1.807, 2.05) is 39.8 Å². The SMILES string of the molecule is CCCCCC[C@H](C)NC(=O)[C@H]1CS[C@H](c2ccc(Cl)cc2)N1C(=O)OC(C)(C)C. The molecule has 3 atom stereocenters. The van der Waals surface area contributed by atoms with Crippen LogP contribution in [0.5, 0.6) is 0 Å². The van der Waals surface area contributed by atoms with E-state index < -0.39 is 17.7 Å². The molecule has 1 aromatic rings. The maximum absolute atomic E-state index is 13.1. The van der Waals surface area contributed by atoms with Gasteiger partial charge in [0.1, 0.15) is 17.0 Å². The Morgan fingerprint density at radius 1 is 1.23 bits per heavy atom. The van der Waals surface area contributed by atoms with Crippen molar-refractivity contribution in [2.45, 2.75) is 89.8 Å². The fraction of sp³-hybridized carbons (Fsp3) is 0.652. The van der Waals surface area contributed by atoms with Gasteiger partial charge in [-0.25, -0.2) is 4.79 Å². The number of nitrogens with one attached hydrogen (secondary N) is 1. The van der Waals surface area contributed by atoms with Crippen LogP contribution in [0.2, 0.25) is 5.02 Å². The lowest BCUT2D eigenvalue weighted by molar-refractivity contribution is -0.126. The molecule has 0 aliphatic carbocycles. The summed E-state index contributed by atoms with van der Waals surface area (Å²) in [5.41, 5.74) is 0.292. The lowest BCUT2D eigenvalue weighted by atomic mass is 10.1. The number of hydrogen-bond donors (Lipinski definition) is 1. The van der Waals surface area contributed by atoms with Gasteiger partial charge in [0.15, 0.2) is 0 Å². The molecule has 0 spiro atoms. The van der Waals surface area contributed by atoms with Gasteiger partial charge in [-0.05, 0) is 51.8 Å². The van der Waals surface area contributed by atoms with Crippen molar-refractivity contribution in [2.75, 3.05) is 5.75 Å². The van der Waals surface area contributed by atoms with E-state index in [4.69, 9.17) is 16.3 Å². The molecule has 1 aliphatic heterocycles. The van der Waals surface area contributed by atoms with Crippen LogP contribution in [0.1, 0.15) is 77.7 Å². The van der Waals surface area contributed by atoms with Crippen molar-refractivity contribution in [1.29, 1.82) is 0 Å². The minimum atomic E-state index is -0.636. The first kappa shape index (κ1) is 24.9. The van der Waals surface area contributed by atoms with Crippen molar-refractivity contribution in [3.8, 4) is 0 Å². The van der Waals surface area contributed by atoms with E-state index >= 15 is 0 Å². The average Bonchev–Trinajstić information content (AvgIpc) is 3.10. The molecular formula is C23H35ClN2O3S. The summed E-state index contributed by atoms with van der Waals surface area (Å²) in [6.45, 7) is 9.71. The summed E-state index contributed by atoms with van der Waals surface area (Å²) in [4.78, 5) is 27.7. The first-order valence-corrected chi connectivity index (χ1v) is 12.2. The normalized spacial score (nSPS) is 20.1. The van der Waals surface area contributed by atoms with Crippen LogP contribution in [0.25, 0.3) is 0 Å². The standard InChI is InChI=1S/C23H35ClN2O3S/c1-6-7-8-9-10-16(2)25-20(27)19-15-30-21(17-11-13-18(24)14-12-17)26(19)22(28)29-23(3,4)5/h11-14,16,19,21H,6-10,15H2,1-5H3,(H,25,27)/t16-,19+,21+/m0/s1. The summed E-state index contributed by atoms with van der Waals surface area (Å²) in [5, 5.41) is 3.46. The molecule has 1 saturated heterocycles. The van der Waals surface area contributed by atoms with Gasteiger partial charge in [-0.1, -0.05) is 56.3 Å². The maximum atomic E-state index is 13.1. The monoisotopic (exact) mass is 454 g/mol. The van der Waals surface area contributed by atoms with Crippen molar-refractivity contribution in [2.24, 2.45) is 0 Å². The average molecular weight is 455 g/mol. The zero-order valence-electron chi connectivity index (χ0n) is 18.7. The van der Waals surface area contributed by atoms with Crippen LogP contribution in [-0.2, 0) is 9.53 Å². The molecule has 1 aliphatic rings. The largest absolute Gasteiger partial charge is 0.444 e. The summed E-state index contributed by atoms with van der Waals surface area (Å²) in [5.74, 6) is 0.411. The summed E-state index contributed by atoms with van der Waals surface area (Å²) >= 11 is 7.60. The van der Waals surface area contributed by atoms with E-state index in [1.54, 1.807) is 28.8 Å². The lowest BCUT2D eigenvalue weighted by Crippen LogP contribution is -2.51. The van der Waals surface area contributed by atoms with Crippen LogP contribution in [0.3, 0.4) is 0 Å². The Bertz CT molecular complexity index is 705. The molecule has 7 heteroatoms. The highest BCUT2D eigenvalue weighted by molar-refractivity contribution is 7.99. The third kappa shape index (κ3) is 7.38. The van der Waals surface area contributed by atoms with Crippen molar-refractivity contribution in [3.63, 3.8) is 0 Å². The van der Waals surface area contributed by atoms with Crippen LogP contribution in [0.4, 0.5) is 4.79 Å². The van der Waals surface area contributed by atoms with Gasteiger partial charge in [0, 0.05) is 16.8 Å². The first-order valence-electron chi connectivity index (χ1n) is 10.8. The van der Waals surface area contributed by atoms with Crippen LogP contribution in [-0.4, -0.2) is 40.3 Å². The molecule has 0 aromatic heterocycles. The molecule has 30 heavy (non-hydrogen) atoms. The Hall–Kier alpha value is -1.40. The number of ether oxygens (including phenoxy) is 1. The quantitative estimate of drug-likeness (QED) is 0.477. The fourth-order valence-electron chi connectivity index (χ4n) is 3.42. The molecule has 0 saturated carbocycles. The number of carbonyl (C=O) groups is 2. The van der Waals surface area contributed by atoms with E-state index in [9.17, 15) is 9.59 Å². The highest BCUT2D eigenvalue weighted by Crippen LogP contribution is 2.42. The van der Waals surface area contributed by atoms with Crippen LogP contribution in [0, 0.1) is 0 Å². The minimum absolute atomic E-state index is 0.0782. The molecule has 0 radical (unpaired) electrons. The summed E-state index contributed by atoms with van der Waals surface area (Å²) in [6, 6.07) is 6.91. The van der Waals surface area contributed by atoms with E-state index in [1.165, 1.54) is 19.3 Å². The Morgan fingerprint density at radius 2 is 1.90 bits per heavy atom. The topological polar surface area (TPSA) is 58.6 Å². The molecule has 2 amide bonds. The molecule has 2 rings (SSSR count).